The second-order valence-electron chi connectivity index (χ2n) is 10.3. The molecule has 3 N–H and O–H groups in total. The summed E-state index contributed by atoms with van der Waals surface area (Å²) in [5.41, 5.74) is 6.13. The second kappa shape index (κ2) is 15.1. The number of nitrogens with zero attached hydrogens (tertiary/aromatic N) is 1. The maximum absolute atomic E-state index is 10.9. The van der Waals surface area contributed by atoms with Crippen molar-refractivity contribution in [3.05, 3.63) is 82.2 Å². The number of aliphatic hydroxyl groups excluding tert-OH is 1. The van der Waals surface area contributed by atoms with Crippen LogP contribution in [0.3, 0.4) is 0 Å². The largest absolute Gasteiger partial charge is 0.493 e. The SMILES string of the molecule is [C-]#[N+]CCCCOc1cc(OCc2cccc(-c3ccc4c(c3)OCCO4)c2C)c(C)cc1CNC[C@@H](O)CC(=O)O. The minimum Gasteiger partial charge on any atom is -0.493 e. The number of rotatable bonds is 15. The van der Waals surface area contributed by atoms with Crippen molar-refractivity contribution in [1.29, 1.82) is 0 Å². The first kappa shape index (κ1) is 30.7. The molecule has 0 saturated carbocycles. The molecule has 0 bridgehead atoms. The van der Waals surface area contributed by atoms with Gasteiger partial charge in [-0.3, -0.25) is 4.79 Å². The maximum Gasteiger partial charge on any atom is 0.306 e. The Hall–Kier alpha value is -4.26. The summed E-state index contributed by atoms with van der Waals surface area (Å²) < 4.78 is 23.9. The maximum atomic E-state index is 10.9. The van der Waals surface area contributed by atoms with Crippen LogP contribution in [0.15, 0.2) is 48.5 Å². The average molecular weight is 575 g/mol. The summed E-state index contributed by atoms with van der Waals surface area (Å²) in [6.45, 7) is 13.9. The summed E-state index contributed by atoms with van der Waals surface area (Å²) in [6.07, 6.45) is 0.207. The fourth-order valence-electron chi connectivity index (χ4n) is 4.80. The van der Waals surface area contributed by atoms with E-state index >= 15 is 0 Å². The molecule has 0 spiro atoms. The second-order valence-corrected chi connectivity index (χ2v) is 10.3. The fraction of sp³-hybridized carbons (Fsp3) is 0.394. The minimum absolute atomic E-state index is 0.146. The molecule has 0 fully saturated rings. The van der Waals surface area contributed by atoms with Crippen LogP contribution in [0.25, 0.3) is 16.0 Å². The molecule has 0 unspecified atom stereocenters. The predicted octanol–water partition coefficient (Wildman–Crippen LogP) is 5.32. The van der Waals surface area contributed by atoms with Gasteiger partial charge in [-0.2, -0.15) is 0 Å². The van der Waals surface area contributed by atoms with E-state index in [2.05, 4.69) is 29.2 Å². The van der Waals surface area contributed by atoms with Crippen LogP contribution >= 0.6 is 0 Å². The number of nitrogens with one attached hydrogen (secondary N) is 1. The fourth-order valence-corrected chi connectivity index (χ4v) is 4.80. The Balaban J connectivity index is 1.48. The number of unbranched alkanes of at least 4 members (excludes halogenated alkanes) is 1. The number of hydrogen-bond acceptors (Lipinski definition) is 7. The Bertz CT molecular complexity index is 1420. The van der Waals surface area contributed by atoms with Crippen LogP contribution in [0.2, 0.25) is 0 Å². The molecule has 42 heavy (non-hydrogen) atoms. The summed E-state index contributed by atoms with van der Waals surface area (Å²) in [4.78, 5) is 14.2. The van der Waals surface area contributed by atoms with E-state index in [4.69, 9.17) is 30.6 Å². The number of fused-ring (bicyclic) bond motifs is 1. The zero-order valence-electron chi connectivity index (χ0n) is 24.2. The van der Waals surface area contributed by atoms with Gasteiger partial charge in [0.15, 0.2) is 11.5 Å². The molecular weight excluding hydrogens is 536 g/mol. The summed E-state index contributed by atoms with van der Waals surface area (Å²) >= 11 is 0. The zero-order chi connectivity index (χ0) is 29.9. The van der Waals surface area contributed by atoms with E-state index in [0.29, 0.717) is 51.0 Å². The van der Waals surface area contributed by atoms with Gasteiger partial charge in [0.25, 0.3) is 0 Å². The van der Waals surface area contributed by atoms with E-state index in [1.165, 1.54) is 0 Å². The molecule has 0 amide bonds. The standard InChI is InChI=1S/C33H38N2O7/c1-22-15-26(19-35-20-27(36)17-33(37)38)31(39-12-5-4-11-34-3)18-30(22)42-21-25-7-6-8-28(23(25)2)24-9-10-29-32(16-24)41-14-13-40-29/h6-10,15-16,18,27,35-36H,4-5,11-14,17,19-21H2,1-2H3,(H,37,38)/t27-/m0/s1. The molecule has 0 aliphatic carbocycles. The Morgan fingerprint density at radius 3 is 2.62 bits per heavy atom. The minimum atomic E-state index is -1.04. The van der Waals surface area contributed by atoms with Gasteiger partial charge in [0.1, 0.15) is 31.3 Å². The van der Waals surface area contributed by atoms with Gasteiger partial charge in [-0.1, -0.05) is 24.3 Å². The van der Waals surface area contributed by atoms with Gasteiger partial charge in [-0.05, 0) is 66.3 Å². The van der Waals surface area contributed by atoms with Crippen molar-refractivity contribution in [2.75, 3.05) is 32.9 Å². The van der Waals surface area contributed by atoms with Crippen molar-refractivity contribution in [2.45, 2.75) is 52.4 Å². The smallest absolute Gasteiger partial charge is 0.306 e. The zero-order valence-corrected chi connectivity index (χ0v) is 24.2. The number of carboxylic acids is 1. The highest BCUT2D eigenvalue weighted by Crippen LogP contribution is 2.36. The molecule has 3 aromatic carbocycles. The Labute approximate surface area is 246 Å². The number of benzene rings is 3. The lowest BCUT2D eigenvalue weighted by atomic mass is 9.96. The molecule has 1 atom stereocenters. The summed E-state index contributed by atoms with van der Waals surface area (Å²) in [5, 5.41) is 21.9. The molecule has 222 valence electrons. The number of aliphatic carboxylic acids is 1. The highest BCUT2D eigenvalue weighted by molar-refractivity contribution is 5.71. The molecule has 0 aromatic heterocycles. The van der Waals surface area contributed by atoms with Crippen molar-refractivity contribution in [3.8, 4) is 34.1 Å². The molecule has 0 radical (unpaired) electrons. The molecular formula is C33H38N2O7. The number of carbonyl (C=O) groups is 1. The highest BCUT2D eigenvalue weighted by atomic mass is 16.6. The van der Waals surface area contributed by atoms with Crippen LogP contribution < -0.4 is 24.3 Å². The number of ether oxygens (including phenoxy) is 4. The molecule has 9 heteroatoms. The molecule has 1 aliphatic heterocycles. The van der Waals surface area contributed by atoms with Gasteiger partial charge in [0.05, 0.1) is 19.1 Å². The summed E-state index contributed by atoms with van der Waals surface area (Å²) in [5.74, 6) is 1.82. The van der Waals surface area contributed by atoms with E-state index in [0.717, 1.165) is 57.7 Å². The lowest BCUT2D eigenvalue weighted by Gasteiger charge is -2.20. The first-order chi connectivity index (χ1) is 20.4. The summed E-state index contributed by atoms with van der Waals surface area (Å²) in [7, 11) is 0. The van der Waals surface area contributed by atoms with E-state index < -0.39 is 12.1 Å². The highest BCUT2D eigenvalue weighted by Gasteiger charge is 2.16. The first-order valence-corrected chi connectivity index (χ1v) is 14.2. The normalized spacial score (nSPS) is 12.8. The van der Waals surface area contributed by atoms with Crippen LogP contribution in [-0.2, 0) is 17.9 Å². The first-order valence-electron chi connectivity index (χ1n) is 14.2. The predicted molar refractivity (Wildman–Crippen MR) is 159 cm³/mol. The molecule has 0 saturated heterocycles. The number of aryl methyl sites for hydroxylation is 1. The number of carboxylic acid groups (broad SMARTS) is 1. The lowest BCUT2D eigenvalue weighted by molar-refractivity contribution is -0.139. The Kier molecular flexibility index (Phi) is 11.0. The molecule has 3 aromatic rings. The van der Waals surface area contributed by atoms with E-state index in [9.17, 15) is 9.90 Å². The third kappa shape index (κ3) is 8.38. The van der Waals surface area contributed by atoms with Crippen molar-refractivity contribution in [3.63, 3.8) is 0 Å². The quantitative estimate of drug-likeness (QED) is 0.165. The lowest BCUT2D eigenvalue weighted by Crippen LogP contribution is -2.28. The van der Waals surface area contributed by atoms with Crippen molar-refractivity contribution >= 4 is 5.97 Å². The molecule has 1 aliphatic rings. The van der Waals surface area contributed by atoms with E-state index in [-0.39, 0.29) is 13.0 Å². The molecule has 4 rings (SSSR count). The topological polar surface area (TPSA) is 111 Å². The molecule has 1 heterocycles. The van der Waals surface area contributed by atoms with Crippen LogP contribution in [0.5, 0.6) is 23.0 Å². The number of aliphatic hydroxyl groups is 1. The third-order valence-corrected chi connectivity index (χ3v) is 7.07. The summed E-state index contributed by atoms with van der Waals surface area (Å²) in [6, 6.07) is 16.0. The number of hydrogen-bond donors (Lipinski definition) is 3. The Morgan fingerprint density at radius 2 is 1.83 bits per heavy atom. The monoisotopic (exact) mass is 574 g/mol. The van der Waals surface area contributed by atoms with E-state index in [1.54, 1.807) is 0 Å². The third-order valence-electron chi connectivity index (χ3n) is 7.07. The van der Waals surface area contributed by atoms with Gasteiger partial charge in [0, 0.05) is 31.1 Å². The van der Waals surface area contributed by atoms with Crippen LogP contribution in [0, 0.1) is 20.4 Å². The van der Waals surface area contributed by atoms with Crippen molar-refractivity contribution in [2.24, 2.45) is 0 Å². The Morgan fingerprint density at radius 1 is 1.02 bits per heavy atom. The van der Waals surface area contributed by atoms with Gasteiger partial charge in [0.2, 0.25) is 6.54 Å². The average Bonchev–Trinajstić information content (AvgIpc) is 2.97. The van der Waals surface area contributed by atoms with Crippen LogP contribution in [0.1, 0.15) is 41.5 Å². The van der Waals surface area contributed by atoms with Gasteiger partial charge < -0.3 is 39.3 Å². The van der Waals surface area contributed by atoms with E-state index in [1.807, 2.05) is 43.3 Å². The van der Waals surface area contributed by atoms with Crippen molar-refractivity contribution < 1.29 is 34.0 Å². The van der Waals surface area contributed by atoms with Gasteiger partial charge in [-0.25, -0.2) is 6.57 Å². The van der Waals surface area contributed by atoms with Gasteiger partial charge in [-0.15, -0.1) is 0 Å². The van der Waals surface area contributed by atoms with Gasteiger partial charge >= 0.3 is 5.97 Å². The van der Waals surface area contributed by atoms with Crippen molar-refractivity contribution in [1.82, 2.24) is 5.32 Å². The van der Waals surface area contributed by atoms with Crippen LogP contribution in [-0.4, -0.2) is 55.2 Å². The molecule has 9 nitrogen and oxygen atoms in total. The van der Waals surface area contributed by atoms with Crippen LogP contribution in [0.4, 0.5) is 0 Å².